The van der Waals surface area contributed by atoms with Crippen molar-refractivity contribution < 1.29 is 14.5 Å². The summed E-state index contributed by atoms with van der Waals surface area (Å²) in [6.45, 7) is 5.34. The standard InChI is InChI=1S/C18H17N3O4S/c1-18(2,3)25-17(22)20-13-6-4-12(5-7-13)15-11-26-16(14(15)10-19)8-9-21(23)24/h4-9,11H,1-3H3,(H,20,22)/b9-8+. The first-order valence-electron chi connectivity index (χ1n) is 7.63. The predicted octanol–water partition coefficient (Wildman–Crippen LogP) is 4.88. The highest BCUT2D eigenvalue weighted by atomic mass is 32.1. The van der Waals surface area contributed by atoms with Crippen LogP contribution in [0.5, 0.6) is 0 Å². The average molecular weight is 371 g/mol. The summed E-state index contributed by atoms with van der Waals surface area (Å²) in [5.74, 6) is 0. The average Bonchev–Trinajstić information content (AvgIpc) is 2.94. The van der Waals surface area contributed by atoms with E-state index in [4.69, 9.17) is 4.74 Å². The lowest BCUT2D eigenvalue weighted by Crippen LogP contribution is -2.27. The van der Waals surface area contributed by atoms with Gasteiger partial charge in [-0.1, -0.05) is 12.1 Å². The maximum Gasteiger partial charge on any atom is 0.412 e. The number of carbonyl (C=O) groups is 1. The van der Waals surface area contributed by atoms with Gasteiger partial charge in [-0.25, -0.2) is 4.79 Å². The summed E-state index contributed by atoms with van der Waals surface area (Å²) in [6, 6.07) is 9.00. The lowest BCUT2D eigenvalue weighted by atomic mass is 10.0. The number of anilines is 1. The number of rotatable bonds is 4. The maximum atomic E-state index is 11.8. The van der Waals surface area contributed by atoms with Gasteiger partial charge in [-0.3, -0.25) is 15.4 Å². The number of amides is 1. The van der Waals surface area contributed by atoms with E-state index < -0.39 is 16.6 Å². The topological polar surface area (TPSA) is 105 Å². The molecular formula is C18H17N3O4S. The van der Waals surface area contributed by atoms with Gasteiger partial charge in [0, 0.05) is 22.7 Å². The van der Waals surface area contributed by atoms with Gasteiger partial charge in [0.25, 0.3) is 0 Å². The zero-order chi connectivity index (χ0) is 19.3. The first kappa shape index (κ1) is 19.1. The fourth-order valence-electron chi connectivity index (χ4n) is 2.11. The van der Waals surface area contributed by atoms with Crippen LogP contribution in [0, 0.1) is 21.4 Å². The Morgan fingerprint density at radius 2 is 2.00 bits per heavy atom. The number of hydrogen-bond acceptors (Lipinski definition) is 6. The van der Waals surface area contributed by atoms with Gasteiger partial charge in [-0.2, -0.15) is 5.26 Å². The molecule has 8 heteroatoms. The fourth-order valence-corrected chi connectivity index (χ4v) is 3.02. The number of ether oxygens (including phenoxy) is 1. The van der Waals surface area contributed by atoms with Crippen LogP contribution in [0.4, 0.5) is 10.5 Å². The Balaban J connectivity index is 2.20. The van der Waals surface area contributed by atoms with Crippen molar-refractivity contribution in [2.24, 2.45) is 0 Å². The van der Waals surface area contributed by atoms with Gasteiger partial charge in [0.1, 0.15) is 11.7 Å². The van der Waals surface area contributed by atoms with Gasteiger partial charge in [-0.05, 0) is 38.5 Å². The SMILES string of the molecule is CC(C)(C)OC(=O)Nc1ccc(-c2csc(/C=C/[N+](=O)[O-])c2C#N)cc1. The molecule has 0 saturated carbocycles. The van der Waals surface area contributed by atoms with Gasteiger partial charge in [0.15, 0.2) is 0 Å². The van der Waals surface area contributed by atoms with E-state index in [-0.39, 0.29) is 0 Å². The number of benzene rings is 1. The summed E-state index contributed by atoms with van der Waals surface area (Å²) in [6.07, 6.45) is 1.57. The molecule has 1 heterocycles. The molecule has 1 N–H and O–H groups in total. The molecule has 0 spiro atoms. The van der Waals surface area contributed by atoms with E-state index in [9.17, 15) is 20.2 Å². The highest BCUT2D eigenvalue weighted by Gasteiger charge is 2.16. The molecule has 0 atom stereocenters. The molecule has 0 fully saturated rings. The number of nitriles is 1. The smallest absolute Gasteiger partial charge is 0.412 e. The highest BCUT2D eigenvalue weighted by molar-refractivity contribution is 7.11. The van der Waals surface area contributed by atoms with Gasteiger partial charge in [0.05, 0.1) is 15.4 Å². The van der Waals surface area contributed by atoms with Gasteiger partial charge in [-0.15, -0.1) is 11.3 Å². The summed E-state index contributed by atoms with van der Waals surface area (Å²) in [5, 5.41) is 24.2. The van der Waals surface area contributed by atoms with Crippen LogP contribution in [-0.4, -0.2) is 16.6 Å². The molecule has 1 aromatic carbocycles. The second kappa shape index (κ2) is 7.80. The van der Waals surface area contributed by atoms with Crippen molar-refractivity contribution in [2.45, 2.75) is 26.4 Å². The van der Waals surface area contributed by atoms with Crippen molar-refractivity contribution in [3.63, 3.8) is 0 Å². The minimum atomic E-state index is -0.587. The molecule has 7 nitrogen and oxygen atoms in total. The fraction of sp³-hybridized carbons (Fsp3) is 0.222. The van der Waals surface area contributed by atoms with Crippen LogP contribution in [0.1, 0.15) is 31.2 Å². The van der Waals surface area contributed by atoms with Crippen LogP contribution >= 0.6 is 11.3 Å². The largest absolute Gasteiger partial charge is 0.444 e. The molecule has 134 valence electrons. The third kappa shape index (κ3) is 5.16. The summed E-state index contributed by atoms with van der Waals surface area (Å²) in [7, 11) is 0. The zero-order valence-corrected chi connectivity index (χ0v) is 15.3. The van der Waals surface area contributed by atoms with Crippen molar-refractivity contribution in [1.82, 2.24) is 0 Å². The van der Waals surface area contributed by atoms with Crippen LogP contribution in [0.25, 0.3) is 17.2 Å². The molecule has 0 radical (unpaired) electrons. The summed E-state index contributed by atoms with van der Waals surface area (Å²) in [4.78, 5) is 22.2. The Morgan fingerprint density at radius 1 is 1.35 bits per heavy atom. The number of hydrogen-bond donors (Lipinski definition) is 1. The molecule has 0 aliphatic rings. The quantitative estimate of drug-likeness (QED) is 0.609. The van der Waals surface area contributed by atoms with Crippen LogP contribution in [0.15, 0.2) is 35.8 Å². The Bertz CT molecular complexity index is 887. The molecule has 0 bridgehead atoms. The number of carbonyl (C=O) groups excluding carboxylic acids is 1. The molecule has 0 unspecified atom stereocenters. The van der Waals surface area contributed by atoms with Gasteiger partial charge >= 0.3 is 6.09 Å². The summed E-state index contributed by atoms with van der Waals surface area (Å²) in [5.41, 5.74) is 1.81. The Labute approximate surface area is 154 Å². The predicted molar refractivity (Wildman–Crippen MR) is 100 cm³/mol. The number of thiophene rings is 1. The van der Waals surface area contributed by atoms with Crippen molar-refractivity contribution in [3.8, 4) is 17.2 Å². The van der Waals surface area contributed by atoms with Crippen LogP contribution < -0.4 is 5.32 Å². The first-order valence-corrected chi connectivity index (χ1v) is 8.51. The Kier molecular flexibility index (Phi) is 5.75. The molecule has 0 saturated heterocycles. The summed E-state index contributed by atoms with van der Waals surface area (Å²) < 4.78 is 5.19. The van der Waals surface area contributed by atoms with E-state index in [1.807, 2.05) is 0 Å². The van der Waals surface area contributed by atoms with E-state index in [1.165, 1.54) is 17.4 Å². The Hall–Kier alpha value is -3.18. The van der Waals surface area contributed by atoms with E-state index in [1.54, 1.807) is 50.4 Å². The second-order valence-electron chi connectivity index (χ2n) is 6.31. The van der Waals surface area contributed by atoms with E-state index in [0.717, 1.165) is 11.8 Å². The minimum absolute atomic E-state index is 0.376. The first-order chi connectivity index (χ1) is 12.2. The van der Waals surface area contributed by atoms with E-state index >= 15 is 0 Å². The van der Waals surface area contributed by atoms with Crippen LogP contribution in [0.2, 0.25) is 0 Å². The highest BCUT2D eigenvalue weighted by Crippen LogP contribution is 2.32. The molecule has 2 aromatic rings. The second-order valence-corrected chi connectivity index (χ2v) is 7.22. The van der Waals surface area contributed by atoms with Crippen molar-refractivity contribution in [2.75, 3.05) is 5.32 Å². The van der Waals surface area contributed by atoms with Crippen molar-refractivity contribution >= 4 is 29.2 Å². The minimum Gasteiger partial charge on any atom is -0.444 e. The lowest BCUT2D eigenvalue weighted by molar-refractivity contribution is -0.400. The van der Waals surface area contributed by atoms with Crippen LogP contribution in [-0.2, 0) is 4.74 Å². The summed E-state index contributed by atoms with van der Waals surface area (Å²) >= 11 is 1.26. The molecule has 0 aliphatic carbocycles. The Morgan fingerprint density at radius 3 is 2.54 bits per heavy atom. The molecule has 2 rings (SSSR count). The van der Waals surface area contributed by atoms with Crippen molar-refractivity contribution in [1.29, 1.82) is 5.26 Å². The van der Waals surface area contributed by atoms with Gasteiger partial charge in [0.2, 0.25) is 6.20 Å². The van der Waals surface area contributed by atoms with E-state index in [2.05, 4.69) is 11.4 Å². The third-order valence-corrected chi connectivity index (χ3v) is 4.07. The molecule has 26 heavy (non-hydrogen) atoms. The molecule has 1 aromatic heterocycles. The zero-order valence-electron chi connectivity index (χ0n) is 14.5. The third-order valence-electron chi connectivity index (χ3n) is 3.12. The number of nitro groups is 1. The molecule has 1 amide bonds. The monoisotopic (exact) mass is 371 g/mol. The normalized spacial score (nSPS) is 11.2. The molecule has 0 aliphatic heterocycles. The lowest BCUT2D eigenvalue weighted by Gasteiger charge is -2.19. The van der Waals surface area contributed by atoms with E-state index in [0.29, 0.717) is 21.7 Å². The van der Waals surface area contributed by atoms with Crippen molar-refractivity contribution in [3.05, 3.63) is 56.4 Å². The maximum absolute atomic E-state index is 11.8. The molecular weight excluding hydrogens is 354 g/mol. The van der Waals surface area contributed by atoms with Crippen LogP contribution in [0.3, 0.4) is 0 Å². The number of nitrogens with one attached hydrogen (secondary N) is 1. The number of nitrogens with zero attached hydrogens (tertiary/aromatic N) is 2. The van der Waals surface area contributed by atoms with Gasteiger partial charge < -0.3 is 4.74 Å².